The Bertz CT molecular complexity index is 1890. The number of amides is 1. The predicted molar refractivity (Wildman–Crippen MR) is 186 cm³/mol. The quantitative estimate of drug-likeness (QED) is 0.217. The van der Waals surface area contributed by atoms with Gasteiger partial charge in [0.2, 0.25) is 10.0 Å². The topological polar surface area (TPSA) is 87.5 Å². The molecule has 10 heteroatoms. The molecule has 0 radical (unpaired) electrons. The van der Waals surface area contributed by atoms with Gasteiger partial charge in [0, 0.05) is 37.3 Å². The molecule has 2 unspecified atom stereocenters. The van der Waals surface area contributed by atoms with Crippen LogP contribution in [0, 0.1) is 12.7 Å². The van der Waals surface area contributed by atoms with Gasteiger partial charge in [0.15, 0.2) is 0 Å². The van der Waals surface area contributed by atoms with E-state index in [-0.39, 0.29) is 21.9 Å². The van der Waals surface area contributed by atoms with Crippen LogP contribution in [0.25, 0.3) is 11.0 Å². The number of nitrogens with one attached hydrogen (secondary N) is 1. The van der Waals surface area contributed by atoms with E-state index in [4.69, 9.17) is 4.98 Å². The van der Waals surface area contributed by atoms with Crippen LogP contribution in [0.5, 0.6) is 0 Å². The Morgan fingerprint density at radius 2 is 1.62 bits per heavy atom. The first-order valence-corrected chi connectivity index (χ1v) is 18.9. The van der Waals surface area contributed by atoms with Gasteiger partial charge in [-0.25, -0.2) is 22.5 Å². The van der Waals surface area contributed by atoms with Gasteiger partial charge in [0.25, 0.3) is 5.91 Å². The van der Waals surface area contributed by atoms with Crippen molar-refractivity contribution in [3.8, 4) is 0 Å². The lowest BCUT2D eigenvalue weighted by atomic mass is 9.70. The zero-order valence-corrected chi connectivity index (χ0v) is 28.9. The highest BCUT2D eigenvalue weighted by Gasteiger charge is 2.44. The minimum Gasteiger partial charge on any atom is -0.339 e. The van der Waals surface area contributed by atoms with Gasteiger partial charge in [-0.1, -0.05) is 42.5 Å². The Kier molecular flexibility index (Phi) is 8.93. The molecule has 1 amide bonds. The standard InChI is InChI=1S/C38H46FN5O3S/c1-26(2)41-48(46,47)36-16-13-29(39)23-33(36)37(45)42-20-17-38(18-21-42,28-9-5-4-6-10-28)19-22-43-30-14-15-31(43)25-32(24-30)44-27(3)40-34-11-7-8-12-35(34)44/h4-13,16,23,26,30-32,41H,14-15,17-22,24-25H2,1-3H3. The summed E-state index contributed by atoms with van der Waals surface area (Å²) in [5.74, 6) is 0.0209. The SMILES string of the molecule is Cc1nc2ccccc2n1C1CC2CCC(C1)N2CCC1(c2ccccc2)CCN(C(=O)c2cc(F)ccc2S(=O)(=O)NC(C)C)CC1. The molecule has 3 fully saturated rings. The van der Waals surface area contributed by atoms with Crippen molar-refractivity contribution in [3.63, 3.8) is 0 Å². The number of likely N-dealkylation sites (tertiary alicyclic amines) is 1. The number of imidazole rings is 1. The Labute approximate surface area is 283 Å². The van der Waals surface area contributed by atoms with E-state index in [2.05, 4.69) is 69.6 Å². The number of hydrogen-bond donors (Lipinski definition) is 1. The molecule has 4 aromatic rings. The second-order valence-electron chi connectivity index (χ2n) is 14.4. The number of sulfonamides is 1. The molecule has 0 aliphatic carbocycles. The van der Waals surface area contributed by atoms with E-state index in [1.54, 1.807) is 18.7 Å². The minimum absolute atomic E-state index is 0.110. The van der Waals surface area contributed by atoms with Crippen molar-refractivity contribution in [2.24, 2.45) is 0 Å². The van der Waals surface area contributed by atoms with Crippen molar-refractivity contribution in [2.45, 2.75) is 100 Å². The first-order chi connectivity index (χ1) is 23.0. The van der Waals surface area contributed by atoms with E-state index in [1.165, 1.54) is 30.0 Å². The Hall–Kier alpha value is -3.60. The van der Waals surface area contributed by atoms with Gasteiger partial charge in [-0.05, 0) is 114 Å². The van der Waals surface area contributed by atoms with E-state index in [9.17, 15) is 17.6 Å². The zero-order valence-electron chi connectivity index (χ0n) is 28.1. The summed E-state index contributed by atoms with van der Waals surface area (Å²) in [4.78, 5) is 23.0. The van der Waals surface area contributed by atoms with Crippen LogP contribution in [-0.2, 0) is 15.4 Å². The van der Waals surface area contributed by atoms with Crippen LogP contribution in [0.1, 0.15) is 86.6 Å². The summed E-state index contributed by atoms with van der Waals surface area (Å²) in [5, 5.41) is 0. The maximum absolute atomic E-state index is 14.4. The second-order valence-corrected chi connectivity index (χ2v) is 16.1. The largest absolute Gasteiger partial charge is 0.339 e. The molecule has 3 saturated heterocycles. The highest BCUT2D eigenvalue weighted by molar-refractivity contribution is 7.89. The molecule has 48 heavy (non-hydrogen) atoms. The lowest BCUT2D eigenvalue weighted by Crippen LogP contribution is -2.49. The fourth-order valence-electron chi connectivity index (χ4n) is 8.85. The normalized spacial score (nSPS) is 22.9. The van der Waals surface area contributed by atoms with Gasteiger partial charge in [0.1, 0.15) is 11.6 Å². The van der Waals surface area contributed by atoms with Crippen LogP contribution in [0.2, 0.25) is 0 Å². The molecular formula is C38H46FN5O3S. The number of nitrogens with zero attached hydrogens (tertiary/aromatic N) is 4. The number of halogens is 1. The second kappa shape index (κ2) is 13.0. The third kappa shape index (κ3) is 6.18. The van der Waals surface area contributed by atoms with Crippen LogP contribution in [0.3, 0.4) is 0 Å². The molecule has 2 atom stereocenters. The summed E-state index contributed by atoms with van der Waals surface area (Å²) in [6.45, 7) is 7.51. The lowest BCUT2D eigenvalue weighted by Gasteiger charge is -2.45. The number of para-hydroxylation sites is 2. The molecule has 1 N–H and O–H groups in total. The number of piperidine rings is 2. The Morgan fingerprint density at radius 1 is 0.958 bits per heavy atom. The van der Waals surface area contributed by atoms with Crippen LogP contribution in [0.4, 0.5) is 4.39 Å². The minimum atomic E-state index is -3.99. The van der Waals surface area contributed by atoms with E-state index in [0.717, 1.165) is 62.1 Å². The van der Waals surface area contributed by atoms with Crippen LogP contribution >= 0.6 is 0 Å². The molecule has 1 aromatic heterocycles. The molecule has 7 rings (SSSR count). The van der Waals surface area contributed by atoms with Gasteiger partial charge in [-0.15, -0.1) is 0 Å². The molecular weight excluding hydrogens is 626 g/mol. The summed E-state index contributed by atoms with van der Waals surface area (Å²) in [7, 11) is -3.99. The van der Waals surface area contributed by atoms with Gasteiger partial charge in [0.05, 0.1) is 21.5 Å². The van der Waals surface area contributed by atoms with Crippen molar-refractivity contribution >= 4 is 27.0 Å². The van der Waals surface area contributed by atoms with Crippen molar-refractivity contribution < 1.29 is 17.6 Å². The Balaban J connectivity index is 1.08. The van der Waals surface area contributed by atoms with E-state index >= 15 is 0 Å². The molecule has 4 heterocycles. The number of hydrogen-bond acceptors (Lipinski definition) is 5. The van der Waals surface area contributed by atoms with Crippen LogP contribution in [-0.4, -0.2) is 71.4 Å². The third-order valence-corrected chi connectivity index (χ3v) is 12.8. The van der Waals surface area contributed by atoms with Gasteiger partial charge < -0.3 is 9.47 Å². The average Bonchev–Trinajstić information content (AvgIpc) is 3.53. The third-order valence-electron chi connectivity index (χ3n) is 11.1. The lowest BCUT2D eigenvalue weighted by molar-refractivity contribution is 0.0603. The zero-order chi connectivity index (χ0) is 33.6. The number of aromatic nitrogens is 2. The smallest absolute Gasteiger partial charge is 0.255 e. The molecule has 3 aliphatic rings. The number of carbonyl (C=O) groups is 1. The summed E-state index contributed by atoms with van der Waals surface area (Å²) in [6.07, 6.45) is 7.20. The first kappa shape index (κ1) is 32.9. The summed E-state index contributed by atoms with van der Waals surface area (Å²) in [5.41, 5.74) is 3.37. The fraction of sp³-hybridized carbons (Fsp3) is 0.474. The maximum Gasteiger partial charge on any atom is 0.255 e. The summed E-state index contributed by atoms with van der Waals surface area (Å²) >= 11 is 0. The molecule has 0 spiro atoms. The van der Waals surface area contributed by atoms with Crippen molar-refractivity contribution in [1.29, 1.82) is 0 Å². The number of carbonyl (C=O) groups excluding carboxylic acids is 1. The molecule has 254 valence electrons. The van der Waals surface area contributed by atoms with Gasteiger partial charge >= 0.3 is 0 Å². The highest BCUT2D eigenvalue weighted by Crippen LogP contribution is 2.45. The van der Waals surface area contributed by atoms with Crippen molar-refractivity contribution in [1.82, 2.24) is 24.1 Å². The molecule has 2 bridgehead atoms. The van der Waals surface area contributed by atoms with Gasteiger partial charge in [-0.3, -0.25) is 9.69 Å². The average molecular weight is 672 g/mol. The number of rotatable bonds is 9. The van der Waals surface area contributed by atoms with E-state index in [1.807, 2.05) is 6.07 Å². The number of benzene rings is 3. The maximum atomic E-state index is 14.4. The monoisotopic (exact) mass is 671 g/mol. The highest BCUT2D eigenvalue weighted by atomic mass is 32.2. The fourth-order valence-corrected chi connectivity index (χ4v) is 10.3. The summed E-state index contributed by atoms with van der Waals surface area (Å²) < 4.78 is 45.6. The predicted octanol–water partition coefficient (Wildman–Crippen LogP) is 6.60. The van der Waals surface area contributed by atoms with Gasteiger partial charge in [-0.2, -0.15) is 0 Å². The molecule has 3 aliphatic heterocycles. The summed E-state index contributed by atoms with van der Waals surface area (Å²) in [6, 6.07) is 23.6. The number of aryl methyl sites for hydroxylation is 1. The van der Waals surface area contributed by atoms with Crippen molar-refractivity contribution in [2.75, 3.05) is 19.6 Å². The van der Waals surface area contributed by atoms with Crippen molar-refractivity contribution in [3.05, 3.63) is 95.6 Å². The Morgan fingerprint density at radius 3 is 2.31 bits per heavy atom. The van der Waals surface area contributed by atoms with E-state index in [0.29, 0.717) is 31.2 Å². The molecule has 3 aromatic carbocycles. The van der Waals surface area contributed by atoms with Crippen LogP contribution < -0.4 is 4.72 Å². The van der Waals surface area contributed by atoms with E-state index < -0.39 is 21.7 Å². The number of fused-ring (bicyclic) bond motifs is 3. The van der Waals surface area contributed by atoms with Crippen LogP contribution in [0.15, 0.2) is 77.7 Å². The molecule has 0 saturated carbocycles. The molecule has 8 nitrogen and oxygen atoms in total. The first-order valence-electron chi connectivity index (χ1n) is 17.4.